The van der Waals surface area contributed by atoms with Crippen LogP contribution in [0.25, 0.3) is 0 Å². The van der Waals surface area contributed by atoms with Gasteiger partial charge in [0.05, 0.1) is 5.41 Å². The van der Waals surface area contributed by atoms with Crippen molar-refractivity contribution < 1.29 is 9.59 Å². The third kappa shape index (κ3) is 4.62. The molecule has 0 spiro atoms. The minimum atomic E-state index is -1.00. The van der Waals surface area contributed by atoms with Crippen LogP contribution in [0.4, 0.5) is 0 Å². The highest BCUT2D eigenvalue weighted by atomic mass is 16.1. The molecule has 2 aromatic rings. The van der Waals surface area contributed by atoms with Gasteiger partial charge in [0.2, 0.25) is 6.29 Å². The van der Waals surface area contributed by atoms with E-state index in [1.165, 1.54) is 5.56 Å². The molecule has 0 amide bonds. The number of Topliss-reactive ketones (excluding diaryl/α,β-unsaturated/α-hetero) is 1. The summed E-state index contributed by atoms with van der Waals surface area (Å²) in [6.45, 7) is 1.89. The maximum absolute atomic E-state index is 12.7. The lowest BCUT2D eigenvalue weighted by Gasteiger charge is -2.24. The molecule has 1 atom stereocenters. The Bertz CT molecular complexity index is 619. The zero-order valence-electron chi connectivity index (χ0n) is 13.6. The first kappa shape index (κ1) is 17.1. The molecule has 2 heteroatoms. The molecule has 1 unspecified atom stereocenters. The van der Waals surface area contributed by atoms with Gasteiger partial charge in [0.15, 0.2) is 0 Å². The van der Waals surface area contributed by atoms with Crippen LogP contribution in [-0.4, -0.2) is 12.1 Å². The van der Waals surface area contributed by atoms with Gasteiger partial charge in [-0.25, -0.2) is 0 Å². The predicted octanol–water partition coefficient (Wildman–Crippen LogP) is 4.33. The first-order chi connectivity index (χ1) is 11.2. The molecule has 0 aliphatic rings. The lowest BCUT2D eigenvalue weighted by Crippen LogP contribution is -2.34. The van der Waals surface area contributed by atoms with Crippen LogP contribution in [-0.2, 0) is 22.4 Å². The largest absolute Gasteiger partial charge is 0.299 e. The highest BCUT2D eigenvalue weighted by Crippen LogP contribution is 2.28. The van der Waals surface area contributed by atoms with Gasteiger partial charge in [-0.2, -0.15) is 0 Å². The van der Waals surface area contributed by atoms with E-state index in [2.05, 4.69) is 18.4 Å². The number of benzene rings is 2. The zero-order valence-corrected chi connectivity index (χ0v) is 13.6. The molecule has 0 heterocycles. The first-order valence-electron chi connectivity index (χ1n) is 8.20. The number of carbonyl (C=O) groups excluding carboxylic acids is 2. The van der Waals surface area contributed by atoms with E-state index in [0.717, 1.165) is 18.4 Å². The van der Waals surface area contributed by atoms with Crippen LogP contribution < -0.4 is 0 Å². The molecule has 2 rings (SSSR count). The third-order valence-corrected chi connectivity index (χ3v) is 4.39. The van der Waals surface area contributed by atoms with Gasteiger partial charge in [-0.1, -0.05) is 67.6 Å². The van der Waals surface area contributed by atoms with E-state index >= 15 is 0 Å². The van der Waals surface area contributed by atoms with E-state index in [9.17, 15) is 9.59 Å². The van der Waals surface area contributed by atoms with Crippen molar-refractivity contribution >= 4 is 12.1 Å². The van der Waals surface area contributed by atoms with E-state index in [-0.39, 0.29) is 5.78 Å². The molecule has 0 fully saturated rings. The Labute approximate surface area is 138 Å². The summed E-state index contributed by atoms with van der Waals surface area (Å²) in [5.41, 5.74) is 1.23. The van der Waals surface area contributed by atoms with Crippen molar-refractivity contribution in [2.24, 2.45) is 5.41 Å². The molecule has 0 saturated carbocycles. The summed E-state index contributed by atoms with van der Waals surface area (Å²) in [5, 5.41) is 0. The summed E-state index contributed by atoms with van der Waals surface area (Å²) < 4.78 is 0. The van der Waals surface area contributed by atoms with Crippen molar-refractivity contribution in [2.45, 2.75) is 39.0 Å². The average molecular weight is 307 g/mol. The number of aryl methyl sites for hydroxylation is 1. The molecule has 23 heavy (non-hydrogen) atoms. The molecule has 0 aliphatic carbocycles. The second kappa shape index (κ2) is 8.42. The summed E-state index contributed by atoms with van der Waals surface area (Å²) in [4.78, 5) is 24.3. The van der Waals surface area contributed by atoms with E-state index < -0.39 is 5.41 Å². The van der Waals surface area contributed by atoms with E-state index in [0.29, 0.717) is 19.3 Å². The summed E-state index contributed by atoms with van der Waals surface area (Å²) >= 11 is 0. The van der Waals surface area contributed by atoms with Crippen LogP contribution >= 0.6 is 0 Å². The lowest BCUT2D eigenvalue weighted by atomic mass is 9.75. The van der Waals surface area contributed by atoms with Gasteiger partial charge in [0, 0.05) is 6.42 Å². The number of carbonyl (C=O) groups is 1. The SMILES string of the molecule is CCC([C]=O)(Cc1ccccc1)C(=O)CCCc1ccccc1. The average Bonchev–Trinajstić information content (AvgIpc) is 2.61. The first-order valence-corrected chi connectivity index (χ1v) is 8.20. The second-order valence-electron chi connectivity index (χ2n) is 5.96. The fourth-order valence-corrected chi connectivity index (χ4v) is 2.87. The molecule has 0 bridgehead atoms. The quantitative estimate of drug-likeness (QED) is 0.646. The Balaban J connectivity index is 1.99. The maximum atomic E-state index is 12.7. The van der Waals surface area contributed by atoms with Crippen molar-refractivity contribution in [3.63, 3.8) is 0 Å². The van der Waals surface area contributed by atoms with Crippen LogP contribution in [0.1, 0.15) is 37.3 Å². The standard InChI is InChI=1S/C21H23O2/c1-2-21(17-22,16-19-12-7-4-8-13-19)20(23)15-9-14-18-10-5-3-6-11-18/h3-8,10-13H,2,9,14-16H2,1H3. The highest BCUT2D eigenvalue weighted by molar-refractivity contribution is 5.98. The van der Waals surface area contributed by atoms with Crippen LogP contribution in [0.5, 0.6) is 0 Å². The monoisotopic (exact) mass is 307 g/mol. The van der Waals surface area contributed by atoms with Gasteiger partial charge in [0.1, 0.15) is 5.78 Å². The van der Waals surface area contributed by atoms with Crippen LogP contribution in [0.3, 0.4) is 0 Å². The fourth-order valence-electron chi connectivity index (χ4n) is 2.87. The van der Waals surface area contributed by atoms with Gasteiger partial charge in [0.25, 0.3) is 0 Å². The lowest BCUT2D eigenvalue weighted by molar-refractivity contribution is -0.125. The number of rotatable bonds is 9. The molecular formula is C21H23O2. The maximum Gasteiger partial charge on any atom is 0.213 e. The van der Waals surface area contributed by atoms with Gasteiger partial charge in [-0.3, -0.25) is 9.59 Å². The van der Waals surface area contributed by atoms with Crippen molar-refractivity contribution in [2.75, 3.05) is 0 Å². The molecule has 0 aliphatic heterocycles. The number of hydrogen-bond donors (Lipinski definition) is 0. The van der Waals surface area contributed by atoms with Crippen molar-refractivity contribution in [1.29, 1.82) is 0 Å². The fraction of sp³-hybridized carbons (Fsp3) is 0.333. The molecule has 0 N–H and O–H groups in total. The van der Waals surface area contributed by atoms with Gasteiger partial charge < -0.3 is 0 Å². The smallest absolute Gasteiger partial charge is 0.213 e. The second-order valence-corrected chi connectivity index (χ2v) is 5.96. The van der Waals surface area contributed by atoms with Crippen molar-refractivity contribution in [3.05, 3.63) is 71.8 Å². The molecule has 0 saturated heterocycles. The van der Waals surface area contributed by atoms with Crippen LogP contribution in [0.2, 0.25) is 0 Å². The van der Waals surface area contributed by atoms with Crippen LogP contribution in [0, 0.1) is 5.41 Å². The summed E-state index contributed by atoms with van der Waals surface area (Å²) in [6, 6.07) is 19.8. The normalized spacial score (nSPS) is 13.3. The number of ketones is 1. The van der Waals surface area contributed by atoms with Gasteiger partial charge in [-0.05, 0) is 36.8 Å². The zero-order chi connectivity index (χ0) is 16.5. The third-order valence-electron chi connectivity index (χ3n) is 4.39. The number of hydrogen-bond acceptors (Lipinski definition) is 2. The van der Waals surface area contributed by atoms with Crippen molar-refractivity contribution in [1.82, 2.24) is 0 Å². The van der Waals surface area contributed by atoms with Crippen molar-refractivity contribution in [3.8, 4) is 0 Å². The molecule has 0 aromatic heterocycles. The minimum Gasteiger partial charge on any atom is -0.299 e. The summed E-state index contributed by atoms with van der Waals surface area (Å²) in [6.07, 6.45) is 5.04. The topological polar surface area (TPSA) is 34.1 Å². The Hall–Kier alpha value is -2.22. The Morgan fingerprint density at radius 2 is 1.52 bits per heavy atom. The Morgan fingerprint density at radius 3 is 2.04 bits per heavy atom. The highest BCUT2D eigenvalue weighted by Gasteiger charge is 2.36. The van der Waals surface area contributed by atoms with E-state index in [1.807, 2.05) is 55.5 Å². The summed E-state index contributed by atoms with van der Waals surface area (Å²) in [5.74, 6) is 0.00906. The Morgan fingerprint density at radius 1 is 0.957 bits per heavy atom. The van der Waals surface area contributed by atoms with E-state index in [4.69, 9.17) is 0 Å². The molecule has 1 radical (unpaired) electrons. The summed E-state index contributed by atoms with van der Waals surface area (Å²) in [7, 11) is 0. The predicted molar refractivity (Wildman–Crippen MR) is 93.0 cm³/mol. The molecular weight excluding hydrogens is 284 g/mol. The van der Waals surface area contributed by atoms with Gasteiger partial charge >= 0.3 is 0 Å². The Kier molecular flexibility index (Phi) is 6.28. The van der Waals surface area contributed by atoms with E-state index in [1.54, 1.807) is 0 Å². The molecule has 119 valence electrons. The molecule has 2 aromatic carbocycles. The van der Waals surface area contributed by atoms with Crippen LogP contribution in [0.15, 0.2) is 60.7 Å². The molecule has 2 nitrogen and oxygen atoms in total. The van der Waals surface area contributed by atoms with Gasteiger partial charge in [-0.15, -0.1) is 0 Å². The minimum absolute atomic E-state index is 0.00906.